The zero-order chi connectivity index (χ0) is 13.9. The van der Waals surface area contributed by atoms with Crippen LogP contribution < -0.4 is 16.6 Å². The van der Waals surface area contributed by atoms with E-state index in [0.29, 0.717) is 6.54 Å². The highest BCUT2D eigenvalue weighted by Gasteiger charge is 2.33. The molecule has 1 saturated carbocycles. The van der Waals surface area contributed by atoms with Crippen molar-refractivity contribution in [3.05, 3.63) is 33.2 Å². The predicted octanol–water partition coefficient (Wildman–Crippen LogP) is 0.998. The van der Waals surface area contributed by atoms with Gasteiger partial charge in [-0.1, -0.05) is 12.8 Å². The van der Waals surface area contributed by atoms with Crippen LogP contribution in [0.3, 0.4) is 0 Å². The van der Waals surface area contributed by atoms with Crippen LogP contribution in [0, 0.1) is 0 Å². The van der Waals surface area contributed by atoms with Gasteiger partial charge in [0.1, 0.15) is 6.54 Å². The van der Waals surface area contributed by atoms with Gasteiger partial charge in [-0.05, 0) is 34.8 Å². The monoisotopic (exact) mass is 327 g/mol. The molecule has 1 fully saturated rings. The highest BCUT2D eigenvalue weighted by atomic mass is 79.9. The minimum Gasteiger partial charge on any atom is -0.348 e. The van der Waals surface area contributed by atoms with Gasteiger partial charge in [0.05, 0.1) is 5.54 Å². The zero-order valence-corrected chi connectivity index (χ0v) is 12.3. The molecule has 0 bridgehead atoms. The van der Waals surface area contributed by atoms with E-state index in [1.807, 2.05) is 0 Å². The summed E-state index contributed by atoms with van der Waals surface area (Å²) in [5.74, 6) is -0.160. The van der Waals surface area contributed by atoms with Gasteiger partial charge in [-0.2, -0.15) is 0 Å². The van der Waals surface area contributed by atoms with Crippen LogP contribution in [0.1, 0.15) is 25.7 Å². The van der Waals surface area contributed by atoms with E-state index in [1.54, 1.807) is 12.3 Å². The summed E-state index contributed by atoms with van der Waals surface area (Å²) in [6.45, 7) is 0.478. The maximum Gasteiger partial charge on any atom is 0.251 e. The lowest BCUT2D eigenvalue weighted by Crippen LogP contribution is -2.52. The Morgan fingerprint density at radius 3 is 2.74 bits per heavy atom. The lowest BCUT2D eigenvalue weighted by atomic mass is 9.98. The second-order valence-corrected chi connectivity index (χ2v) is 5.97. The first-order valence-corrected chi connectivity index (χ1v) is 7.21. The molecule has 1 amide bonds. The summed E-state index contributed by atoms with van der Waals surface area (Å²) in [7, 11) is 0. The number of nitrogens with one attached hydrogen (secondary N) is 1. The second kappa shape index (κ2) is 5.88. The molecule has 1 heterocycles. The van der Waals surface area contributed by atoms with Gasteiger partial charge in [0.25, 0.3) is 5.56 Å². The van der Waals surface area contributed by atoms with Gasteiger partial charge in [-0.3, -0.25) is 9.59 Å². The average molecular weight is 328 g/mol. The number of amides is 1. The first-order chi connectivity index (χ1) is 9.04. The van der Waals surface area contributed by atoms with Gasteiger partial charge in [0.2, 0.25) is 5.91 Å². The summed E-state index contributed by atoms with van der Waals surface area (Å²) < 4.78 is 2.16. The number of hydrogen-bond acceptors (Lipinski definition) is 3. The molecule has 0 radical (unpaired) electrons. The van der Waals surface area contributed by atoms with Crippen LogP contribution in [-0.4, -0.2) is 22.6 Å². The van der Waals surface area contributed by atoms with Gasteiger partial charge < -0.3 is 15.6 Å². The Labute approximate surface area is 120 Å². The summed E-state index contributed by atoms with van der Waals surface area (Å²) in [6, 6.07) is 3.10. The molecule has 2 rings (SSSR count). The lowest BCUT2D eigenvalue weighted by Gasteiger charge is -2.28. The first-order valence-electron chi connectivity index (χ1n) is 6.42. The largest absolute Gasteiger partial charge is 0.348 e. The minimum absolute atomic E-state index is 0.0278. The molecule has 1 aromatic heterocycles. The molecule has 0 atom stereocenters. The molecule has 6 heteroatoms. The van der Waals surface area contributed by atoms with Gasteiger partial charge in [-0.15, -0.1) is 0 Å². The van der Waals surface area contributed by atoms with E-state index >= 15 is 0 Å². The van der Waals surface area contributed by atoms with Gasteiger partial charge in [-0.25, -0.2) is 0 Å². The number of pyridine rings is 1. The van der Waals surface area contributed by atoms with Crippen molar-refractivity contribution in [3.8, 4) is 0 Å². The highest BCUT2D eigenvalue weighted by molar-refractivity contribution is 9.10. The normalized spacial score (nSPS) is 17.4. The molecule has 104 valence electrons. The average Bonchev–Trinajstić information content (AvgIpc) is 2.83. The van der Waals surface area contributed by atoms with Crippen molar-refractivity contribution < 1.29 is 4.79 Å². The number of halogens is 1. The van der Waals surface area contributed by atoms with Gasteiger partial charge in [0, 0.05) is 23.3 Å². The minimum atomic E-state index is -0.271. The quantitative estimate of drug-likeness (QED) is 0.866. The lowest BCUT2D eigenvalue weighted by molar-refractivity contribution is -0.123. The Bertz CT molecular complexity index is 521. The van der Waals surface area contributed by atoms with Crippen LogP contribution in [0.4, 0.5) is 0 Å². The summed E-state index contributed by atoms with van der Waals surface area (Å²) >= 11 is 3.29. The van der Waals surface area contributed by atoms with Crippen molar-refractivity contribution in [1.82, 2.24) is 9.88 Å². The van der Waals surface area contributed by atoms with Crippen LogP contribution in [0.15, 0.2) is 27.6 Å². The topological polar surface area (TPSA) is 77.1 Å². The summed E-state index contributed by atoms with van der Waals surface area (Å²) in [5, 5.41) is 3.00. The number of carbonyl (C=O) groups is 1. The number of nitrogens with two attached hydrogens (primary N) is 1. The van der Waals surface area contributed by atoms with Gasteiger partial charge in [0.15, 0.2) is 0 Å². The van der Waals surface area contributed by atoms with Crippen molar-refractivity contribution in [3.63, 3.8) is 0 Å². The van der Waals surface area contributed by atoms with E-state index in [2.05, 4.69) is 21.2 Å². The third-order valence-corrected chi connectivity index (χ3v) is 4.09. The molecular weight excluding hydrogens is 310 g/mol. The molecule has 0 aliphatic heterocycles. The zero-order valence-electron chi connectivity index (χ0n) is 10.7. The van der Waals surface area contributed by atoms with Crippen LogP contribution in [0.25, 0.3) is 0 Å². The molecule has 0 spiro atoms. The molecule has 19 heavy (non-hydrogen) atoms. The number of rotatable bonds is 4. The van der Waals surface area contributed by atoms with Crippen molar-refractivity contribution in [2.75, 3.05) is 6.54 Å². The fourth-order valence-corrected chi connectivity index (χ4v) is 2.93. The van der Waals surface area contributed by atoms with Crippen LogP contribution in [-0.2, 0) is 11.3 Å². The Hall–Kier alpha value is -1.14. The van der Waals surface area contributed by atoms with E-state index in [9.17, 15) is 9.59 Å². The Kier molecular flexibility index (Phi) is 4.42. The first kappa shape index (κ1) is 14.3. The summed E-state index contributed by atoms with van der Waals surface area (Å²) in [6.07, 6.45) is 5.64. The fourth-order valence-electron chi connectivity index (χ4n) is 2.55. The molecule has 1 aromatic rings. The fraction of sp³-hybridized carbons (Fsp3) is 0.538. The Morgan fingerprint density at radius 1 is 1.42 bits per heavy atom. The van der Waals surface area contributed by atoms with Crippen LogP contribution in [0.5, 0.6) is 0 Å². The maximum atomic E-state index is 12.1. The highest BCUT2D eigenvalue weighted by Crippen LogP contribution is 2.28. The Morgan fingerprint density at radius 2 is 2.11 bits per heavy atom. The van der Waals surface area contributed by atoms with E-state index in [-0.39, 0.29) is 23.6 Å². The molecule has 1 aliphatic carbocycles. The standard InChI is InChI=1S/C13H18BrN3O2/c14-10-3-4-12(19)17(7-10)8-11(18)16-13(9-15)5-1-2-6-13/h3-4,7H,1-2,5-6,8-9,15H2,(H,16,18). The number of aromatic nitrogens is 1. The molecule has 0 saturated heterocycles. The number of hydrogen-bond donors (Lipinski definition) is 2. The summed E-state index contributed by atoms with van der Waals surface area (Å²) in [5.41, 5.74) is 5.31. The van der Waals surface area contributed by atoms with E-state index in [0.717, 1.165) is 30.2 Å². The van der Waals surface area contributed by atoms with Crippen molar-refractivity contribution >= 4 is 21.8 Å². The van der Waals surface area contributed by atoms with Crippen molar-refractivity contribution in [2.45, 2.75) is 37.8 Å². The molecule has 5 nitrogen and oxygen atoms in total. The number of nitrogens with zero attached hydrogens (tertiary/aromatic N) is 1. The molecule has 0 aromatic carbocycles. The van der Waals surface area contributed by atoms with Crippen molar-refractivity contribution in [1.29, 1.82) is 0 Å². The second-order valence-electron chi connectivity index (χ2n) is 5.05. The van der Waals surface area contributed by atoms with Crippen LogP contribution in [0.2, 0.25) is 0 Å². The number of carbonyl (C=O) groups excluding carboxylic acids is 1. The third-order valence-electron chi connectivity index (χ3n) is 3.62. The summed E-state index contributed by atoms with van der Waals surface area (Å²) in [4.78, 5) is 23.7. The maximum absolute atomic E-state index is 12.1. The van der Waals surface area contributed by atoms with Crippen LogP contribution >= 0.6 is 15.9 Å². The van der Waals surface area contributed by atoms with E-state index in [4.69, 9.17) is 5.73 Å². The molecule has 1 aliphatic rings. The van der Waals surface area contributed by atoms with E-state index in [1.165, 1.54) is 10.6 Å². The Balaban J connectivity index is 2.05. The smallest absolute Gasteiger partial charge is 0.251 e. The van der Waals surface area contributed by atoms with E-state index < -0.39 is 0 Å². The molecule has 0 unspecified atom stereocenters. The van der Waals surface area contributed by atoms with Gasteiger partial charge >= 0.3 is 0 Å². The van der Waals surface area contributed by atoms with Crippen molar-refractivity contribution in [2.24, 2.45) is 5.73 Å². The third kappa shape index (κ3) is 3.45. The predicted molar refractivity (Wildman–Crippen MR) is 76.8 cm³/mol. The molecular formula is C13H18BrN3O2. The SMILES string of the molecule is NCC1(NC(=O)Cn2cc(Br)ccc2=O)CCCC1. The molecule has 3 N–H and O–H groups in total.